The van der Waals surface area contributed by atoms with Crippen molar-refractivity contribution in [2.75, 3.05) is 42.3 Å². The molecule has 7 N–H and O–H groups in total. The lowest BCUT2D eigenvalue weighted by Gasteiger charge is -2.40. The van der Waals surface area contributed by atoms with E-state index in [9.17, 15) is 58.2 Å². The van der Waals surface area contributed by atoms with Crippen LogP contribution < -0.4 is 26.6 Å². The molecule has 0 aromatic heterocycles. The van der Waals surface area contributed by atoms with Gasteiger partial charge in [0.15, 0.2) is 0 Å². The molecule has 11 amide bonds. The highest BCUT2D eigenvalue weighted by Gasteiger charge is 2.46. The summed E-state index contributed by atoms with van der Waals surface area (Å²) >= 11 is 0. The maximum absolute atomic E-state index is 15.2. The van der Waals surface area contributed by atoms with E-state index in [1.54, 1.807) is 53.7 Å². The van der Waals surface area contributed by atoms with Gasteiger partial charge in [-0.05, 0) is 109 Å². The van der Waals surface area contributed by atoms with E-state index in [0.717, 1.165) is 31.4 Å². The Balaban J connectivity index is 4.47. The number of nitrogens with zero attached hydrogens (tertiary/aromatic N) is 6. The molecule has 1 saturated heterocycles. The lowest BCUT2D eigenvalue weighted by Crippen LogP contribution is -2.65. The Labute approximate surface area is 529 Å². The number of aliphatic hydroxyl groups is 2. The van der Waals surface area contributed by atoms with Crippen LogP contribution in [0.25, 0.3) is 0 Å². The number of nitrogens with one attached hydrogen (secondary N) is 5. The van der Waals surface area contributed by atoms with Crippen molar-refractivity contribution in [1.29, 1.82) is 0 Å². The predicted molar refractivity (Wildman–Crippen MR) is 336 cm³/mol. The Morgan fingerprint density at radius 1 is 0.472 bits per heavy atom. The second-order valence-corrected chi connectivity index (χ2v) is 26.4. The summed E-state index contributed by atoms with van der Waals surface area (Å²) < 4.78 is 5.47. The first-order valence-electron chi connectivity index (χ1n) is 31.2. The molecule has 1 heterocycles. The van der Waals surface area contributed by atoms with Crippen molar-refractivity contribution < 1.29 is 72.5 Å². The van der Waals surface area contributed by atoms with E-state index in [1.807, 2.05) is 41.5 Å². The molecule has 0 bridgehead atoms. The van der Waals surface area contributed by atoms with E-state index in [4.69, 9.17) is 4.74 Å². The molecule has 1 aliphatic heterocycles. The number of hydrogen-bond acceptors (Lipinski definition) is 15. The third kappa shape index (κ3) is 22.9. The molecule has 89 heavy (non-hydrogen) atoms. The van der Waals surface area contributed by atoms with Crippen LogP contribution in [0, 0.1) is 35.5 Å². The molecule has 1 fully saturated rings. The molecule has 1 unspecified atom stereocenters. The molecular formula is C63H111N11O15. The van der Waals surface area contributed by atoms with Gasteiger partial charge in [-0.2, -0.15) is 0 Å². The number of esters is 1. The normalized spacial score (nSPS) is 27.5. The number of likely N-dealkylation sites (N-methyl/N-ethyl adjacent to an activating group) is 6. The third-order valence-electron chi connectivity index (χ3n) is 16.2. The predicted octanol–water partition coefficient (Wildman–Crippen LogP) is 1.58. The largest absolute Gasteiger partial charge is 0.460 e. The molecule has 26 nitrogen and oxygen atoms in total. The highest BCUT2D eigenvalue weighted by molar-refractivity contribution is 6.00. The molecule has 1 aliphatic rings. The second kappa shape index (κ2) is 36.2. The molecule has 15 atom stereocenters. The number of hydrogen-bond donors (Lipinski definition) is 7. The Hall–Kier alpha value is -6.70. The lowest BCUT2D eigenvalue weighted by molar-refractivity contribution is -0.158. The Morgan fingerprint density at radius 3 is 1.31 bits per heavy atom. The number of aliphatic hydroxyl groups excluding tert-OH is 2. The van der Waals surface area contributed by atoms with Crippen molar-refractivity contribution in [3.63, 3.8) is 0 Å². The van der Waals surface area contributed by atoms with Crippen molar-refractivity contribution >= 4 is 70.9 Å². The number of carbonyl (C=O) groups is 12. The summed E-state index contributed by atoms with van der Waals surface area (Å²) in [5.74, 6) is -12.2. The molecule has 508 valence electrons. The van der Waals surface area contributed by atoms with Gasteiger partial charge in [0.2, 0.25) is 65.0 Å². The standard InChI is InChI=1S/C63H111N11O15/c1-25-26-27-37(12)52(77)51-57(82)68-48(42(17)89-43(18)76)62(87)69(19)40(15)59(84)73(23)50(41(16)75)56(81)67-44(28-32(2)3)60(85)71(21)46(30-34(6)7)54(79)64-38(13)53(78)65-39(14)58(83)70(20)47(31-35(8)9)55(80)66-45(29-33(4)5)61(86)72(22)49(36(10)11)63(88)74(51)24/h25-26,32-42,44-52,75,77H,27-31H2,1-24H3,(H,64,79)(H,65,78)(H,66,80)(H,67,81)(H,68,82)/b26-25+/t37-,38+,39-,40-,41?,42-,44+,45+,46+,47+,48+,49-,50+,51+,52-/m1/s1. The number of rotatable bonds is 16. The molecule has 0 aromatic rings. The van der Waals surface area contributed by atoms with Crippen LogP contribution in [0.4, 0.5) is 0 Å². The quantitative estimate of drug-likeness (QED) is 0.0853. The van der Waals surface area contributed by atoms with Crippen LogP contribution >= 0.6 is 0 Å². The minimum Gasteiger partial charge on any atom is -0.460 e. The lowest BCUT2D eigenvalue weighted by atomic mass is 9.91. The first kappa shape index (κ1) is 80.3. The van der Waals surface area contributed by atoms with Crippen LogP contribution in [0.2, 0.25) is 0 Å². The van der Waals surface area contributed by atoms with Crippen LogP contribution in [0.5, 0.6) is 0 Å². The first-order valence-corrected chi connectivity index (χ1v) is 31.2. The topological polar surface area (TPSA) is 334 Å². The highest BCUT2D eigenvalue weighted by atomic mass is 16.5. The van der Waals surface area contributed by atoms with Crippen LogP contribution in [-0.2, 0) is 62.3 Å². The SMILES string of the molecule is C/C=C/C[C@@H](C)[C@@H](O)[C@H]1C(=O)N[C@@H]([C@@H](C)OC(C)=O)C(=O)N(C)[C@H](C)C(=O)N(C)[C@@H](C(C)O)C(=O)N[C@@H](CC(C)C)C(=O)N(C)[C@@H](CC(C)C)C(=O)N[C@@H](C)C(=O)N[C@H](C)C(=O)N(C)[C@@H](CC(C)C)C(=O)N[C@@H](CC(C)C)C(=O)N(C)[C@H](C(C)C)C(=O)N1C. The van der Waals surface area contributed by atoms with Gasteiger partial charge in [0.05, 0.1) is 12.2 Å². The van der Waals surface area contributed by atoms with Crippen LogP contribution in [0.3, 0.4) is 0 Å². The monoisotopic (exact) mass is 1260 g/mol. The summed E-state index contributed by atoms with van der Waals surface area (Å²) in [6, 6.07) is -15.7. The van der Waals surface area contributed by atoms with Crippen molar-refractivity contribution in [2.45, 2.75) is 242 Å². The Morgan fingerprint density at radius 2 is 0.876 bits per heavy atom. The molecular weight excluding hydrogens is 1150 g/mol. The average Bonchev–Trinajstić information content (AvgIpc) is 1.23. The zero-order chi connectivity index (χ0) is 69.1. The van der Waals surface area contributed by atoms with Crippen molar-refractivity contribution in [1.82, 2.24) is 56.0 Å². The molecule has 0 radical (unpaired) electrons. The van der Waals surface area contributed by atoms with Gasteiger partial charge in [0, 0.05) is 49.2 Å². The van der Waals surface area contributed by atoms with Crippen LogP contribution in [0.15, 0.2) is 12.2 Å². The molecule has 0 spiro atoms. The van der Waals surface area contributed by atoms with Crippen LogP contribution in [-0.4, -0.2) is 238 Å². The molecule has 1 rings (SSSR count). The number of amides is 11. The van der Waals surface area contributed by atoms with Gasteiger partial charge < -0.3 is 70.9 Å². The van der Waals surface area contributed by atoms with Crippen molar-refractivity contribution in [3.05, 3.63) is 12.2 Å². The Kier molecular flexibility index (Phi) is 32.7. The van der Waals surface area contributed by atoms with Gasteiger partial charge >= 0.3 is 5.97 Å². The maximum atomic E-state index is 15.2. The smallest absolute Gasteiger partial charge is 0.302 e. The summed E-state index contributed by atoms with van der Waals surface area (Å²) in [6.07, 6.45) is -0.716. The summed E-state index contributed by atoms with van der Waals surface area (Å²) in [5, 5.41) is 36.8. The minimum atomic E-state index is -1.81. The zero-order valence-corrected chi connectivity index (χ0v) is 57.6. The number of ether oxygens (including phenoxy) is 1. The summed E-state index contributed by atoms with van der Waals surface area (Å²) in [4.78, 5) is 180. The third-order valence-corrected chi connectivity index (χ3v) is 16.2. The van der Waals surface area contributed by atoms with Gasteiger partial charge in [-0.25, -0.2) is 0 Å². The van der Waals surface area contributed by atoms with E-state index in [2.05, 4.69) is 26.6 Å². The first-order chi connectivity index (χ1) is 41.0. The fourth-order valence-electron chi connectivity index (χ4n) is 11.0. The highest BCUT2D eigenvalue weighted by Crippen LogP contribution is 2.24. The van der Waals surface area contributed by atoms with Gasteiger partial charge in [0.25, 0.3) is 0 Å². The van der Waals surface area contributed by atoms with E-state index < -0.39 is 168 Å². The van der Waals surface area contributed by atoms with Gasteiger partial charge in [-0.15, -0.1) is 0 Å². The molecule has 0 aromatic carbocycles. The Bertz CT molecular complexity index is 2490. The minimum absolute atomic E-state index is 0.0256. The van der Waals surface area contributed by atoms with Gasteiger partial charge in [-0.1, -0.05) is 88.3 Å². The fraction of sp³-hybridized carbons (Fsp3) is 0.778. The number of carbonyl (C=O) groups excluding carboxylic acids is 12. The van der Waals surface area contributed by atoms with E-state index in [-0.39, 0.29) is 55.8 Å². The average molecular weight is 1260 g/mol. The molecule has 0 saturated carbocycles. The van der Waals surface area contributed by atoms with Crippen molar-refractivity contribution in [2.24, 2.45) is 35.5 Å². The molecule has 26 heteroatoms. The zero-order valence-electron chi connectivity index (χ0n) is 57.6. The van der Waals surface area contributed by atoms with Gasteiger partial charge in [0.1, 0.15) is 72.6 Å². The van der Waals surface area contributed by atoms with Gasteiger partial charge in [-0.3, -0.25) is 57.5 Å². The summed E-state index contributed by atoms with van der Waals surface area (Å²) in [7, 11) is 7.80. The van der Waals surface area contributed by atoms with Crippen LogP contribution in [0.1, 0.15) is 157 Å². The maximum Gasteiger partial charge on any atom is 0.302 e. The van der Waals surface area contributed by atoms with Crippen molar-refractivity contribution in [3.8, 4) is 0 Å². The van der Waals surface area contributed by atoms with E-state index in [0.29, 0.717) is 0 Å². The fourth-order valence-corrected chi connectivity index (χ4v) is 11.0. The summed E-state index contributed by atoms with van der Waals surface area (Å²) in [5.41, 5.74) is 0. The second-order valence-electron chi connectivity index (χ2n) is 26.4. The molecule has 0 aliphatic carbocycles. The van der Waals surface area contributed by atoms with E-state index in [1.165, 1.54) is 81.8 Å². The van der Waals surface area contributed by atoms with E-state index >= 15 is 9.59 Å². The number of allylic oxidation sites excluding steroid dienone is 2. The summed E-state index contributed by atoms with van der Waals surface area (Å²) in [6.45, 7) is 29.0.